The summed E-state index contributed by atoms with van der Waals surface area (Å²) >= 11 is 0. The molecular weight excluding hydrogens is 140 g/mol. The molecule has 0 bridgehead atoms. The van der Waals surface area contributed by atoms with Gasteiger partial charge in [-0.1, -0.05) is 20.8 Å². The molecule has 2 heteroatoms. The molecule has 0 unspecified atom stereocenters. The molecule has 2 nitrogen and oxygen atoms in total. The highest BCUT2D eigenvalue weighted by Crippen LogP contribution is 2.24. The second-order valence-corrected chi connectivity index (χ2v) is 3.83. The van der Waals surface area contributed by atoms with Crippen LogP contribution in [0.4, 0.5) is 0 Å². The van der Waals surface area contributed by atoms with E-state index in [-0.39, 0.29) is 18.0 Å². The molecule has 1 saturated heterocycles. The maximum Gasteiger partial charge on any atom is 0.309 e. The maximum atomic E-state index is 10.9. The minimum absolute atomic E-state index is 0.0179. The van der Waals surface area contributed by atoms with Crippen molar-refractivity contribution in [3.05, 3.63) is 0 Å². The largest absolute Gasteiger partial charge is 0.462 e. The lowest BCUT2D eigenvalue weighted by Crippen LogP contribution is -2.09. The van der Waals surface area contributed by atoms with Gasteiger partial charge in [0.1, 0.15) is 6.10 Å². The van der Waals surface area contributed by atoms with E-state index in [0.29, 0.717) is 5.92 Å². The summed E-state index contributed by atoms with van der Waals surface area (Å²) in [4.78, 5) is 10.9. The fourth-order valence-electron chi connectivity index (χ4n) is 1.49. The fourth-order valence-corrected chi connectivity index (χ4v) is 1.49. The lowest BCUT2D eigenvalue weighted by molar-refractivity contribution is -0.144. The van der Waals surface area contributed by atoms with Crippen LogP contribution in [0.2, 0.25) is 0 Å². The number of carbonyl (C=O) groups excluding carboxylic acids is 1. The van der Waals surface area contributed by atoms with E-state index in [1.54, 1.807) is 0 Å². The SMILES string of the molecule is CC(C)C[C@H]1C[C@H](C)C(=O)O1. The summed E-state index contributed by atoms with van der Waals surface area (Å²) in [6.07, 6.45) is 2.12. The molecule has 0 radical (unpaired) electrons. The van der Waals surface area contributed by atoms with E-state index in [1.165, 1.54) is 0 Å². The summed E-state index contributed by atoms with van der Waals surface area (Å²) in [5.41, 5.74) is 0. The van der Waals surface area contributed by atoms with Crippen LogP contribution in [-0.2, 0) is 9.53 Å². The van der Waals surface area contributed by atoms with Crippen molar-refractivity contribution in [1.82, 2.24) is 0 Å². The highest BCUT2D eigenvalue weighted by molar-refractivity contribution is 5.74. The van der Waals surface area contributed by atoms with Crippen LogP contribution in [0.1, 0.15) is 33.6 Å². The van der Waals surface area contributed by atoms with Crippen LogP contribution in [-0.4, -0.2) is 12.1 Å². The summed E-state index contributed by atoms with van der Waals surface area (Å²) in [6, 6.07) is 0. The van der Waals surface area contributed by atoms with Gasteiger partial charge in [-0.05, 0) is 18.8 Å². The summed E-state index contributed by atoms with van der Waals surface area (Å²) in [6.45, 7) is 6.23. The highest BCUT2D eigenvalue weighted by atomic mass is 16.5. The quantitative estimate of drug-likeness (QED) is 0.571. The topological polar surface area (TPSA) is 26.3 Å². The Bertz CT molecular complexity index is 152. The summed E-state index contributed by atoms with van der Waals surface area (Å²) in [5, 5.41) is 0. The van der Waals surface area contributed by atoms with E-state index in [1.807, 2.05) is 6.92 Å². The lowest BCUT2D eigenvalue weighted by Gasteiger charge is -2.10. The summed E-state index contributed by atoms with van der Waals surface area (Å²) in [5.74, 6) is 0.729. The molecule has 0 saturated carbocycles. The van der Waals surface area contributed by atoms with Crippen LogP contribution in [0.5, 0.6) is 0 Å². The Labute approximate surface area is 67.9 Å². The molecule has 1 aliphatic rings. The van der Waals surface area contributed by atoms with E-state index >= 15 is 0 Å². The third-order valence-corrected chi connectivity index (χ3v) is 2.04. The molecular formula is C9H16O2. The monoisotopic (exact) mass is 156 g/mol. The van der Waals surface area contributed by atoms with Gasteiger partial charge in [0.25, 0.3) is 0 Å². The van der Waals surface area contributed by atoms with E-state index in [4.69, 9.17) is 4.74 Å². The van der Waals surface area contributed by atoms with Crippen molar-refractivity contribution < 1.29 is 9.53 Å². The molecule has 1 heterocycles. The average Bonchev–Trinajstić information content (AvgIpc) is 2.10. The fraction of sp³-hybridized carbons (Fsp3) is 0.889. The number of hydrogen-bond acceptors (Lipinski definition) is 2. The van der Waals surface area contributed by atoms with Crippen LogP contribution in [0.15, 0.2) is 0 Å². The number of carbonyl (C=O) groups is 1. The van der Waals surface area contributed by atoms with Crippen molar-refractivity contribution in [2.45, 2.75) is 39.7 Å². The first-order valence-corrected chi connectivity index (χ1v) is 4.30. The molecule has 0 aliphatic carbocycles. The van der Waals surface area contributed by atoms with Crippen LogP contribution in [0.25, 0.3) is 0 Å². The van der Waals surface area contributed by atoms with E-state index < -0.39 is 0 Å². The molecule has 0 aromatic rings. The number of cyclic esters (lactones) is 1. The zero-order valence-electron chi connectivity index (χ0n) is 7.46. The number of ether oxygens (including phenoxy) is 1. The Hall–Kier alpha value is -0.530. The Morgan fingerprint density at radius 3 is 2.64 bits per heavy atom. The van der Waals surface area contributed by atoms with Gasteiger partial charge < -0.3 is 4.74 Å². The normalized spacial score (nSPS) is 31.1. The van der Waals surface area contributed by atoms with Gasteiger partial charge in [0, 0.05) is 0 Å². The van der Waals surface area contributed by atoms with Crippen LogP contribution in [0.3, 0.4) is 0 Å². The summed E-state index contributed by atoms with van der Waals surface area (Å²) < 4.78 is 5.15. The lowest BCUT2D eigenvalue weighted by atomic mass is 10.0. The van der Waals surface area contributed by atoms with Crippen LogP contribution in [0, 0.1) is 11.8 Å². The molecule has 1 aliphatic heterocycles. The first-order valence-electron chi connectivity index (χ1n) is 4.30. The second kappa shape index (κ2) is 3.24. The van der Waals surface area contributed by atoms with E-state index in [0.717, 1.165) is 12.8 Å². The van der Waals surface area contributed by atoms with Crippen LogP contribution >= 0.6 is 0 Å². The Morgan fingerprint density at radius 1 is 1.64 bits per heavy atom. The molecule has 64 valence electrons. The number of hydrogen-bond donors (Lipinski definition) is 0. The van der Waals surface area contributed by atoms with Crippen molar-refractivity contribution in [3.63, 3.8) is 0 Å². The van der Waals surface area contributed by atoms with Crippen molar-refractivity contribution in [2.75, 3.05) is 0 Å². The number of esters is 1. The minimum Gasteiger partial charge on any atom is -0.462 e. The predicted molar refractivity (Wildman–Crippen MR) is 43.1 cm³/mol. The van der Waals surface area contributed by atoms with Gasteiger partial charge in [0.2, 0.25) is 0 Å². The first kappa shape index (κ1) is 8.57. The smallest absolute Gasteiger partial charge is 0.309 e. The van der Waals surface area contributed by atoms with Crippen molar-refractivity contribution >= 4 is 5.97 Å². The van der Waals surface area contributed by atoms with Gasteiger partial charge in [-0.15, -0.1) is 0 Å². The Morgan fingerprint density at radius 2 is 2.27 bits per heavy atom. The van der Waals surface area contributed by atoms with Gasteiger partial charge in [0.15, 0.2) is 0 Å². The predicted octanol–water partition coefficient (Wildman–Crippen LogP) is 1.98. The molecule has 11 heavy (non-hydrogen) atoms. The molecule has 0 aromatic carbocycles. The first-order chi connectivity index (χ1) is 5.09. The molecule has 0 N–H and O–H groups in total. The molecule has 0 spiro atoms. The van der Waals surface area contributed by atoms with Gasteiger partial charge in [-0.3, -0.25) is 4.79 Å². The third-order valence-electron chi connectivity index (χ3n) is 2.04. The van der Waals surface area contributed by atoms with E-state index in [9.17, 15) is 4.79 Å². The molecule has 2 atom stereocenters. The maximum absolute atomic E-state index is 10.9. The molecule has 1 rings (SSSR count). The molecule has 0 aromatic heterocycles. The third kappa shape index (κ3) is 2.21. The van der Waals surface area contributed by atoms with Gasteiger partial charge >= 0.3 is 5.97 Å². The highest BCUT2D eigenvalue weighted by Gasteiger charge is 2.30. The van der Waals surface area contributed by atoms with E-state index in [2.05, 4.69) is 13.8 Å². The molecule has 0 amide bonds. The Kier molecular flexibility index (Phi) is 2.53. The van der Waals surface area contributed by atoms with Crippen molar-refractivity contribution in [3.8, 4) is 0 Å². The Balaban J connectivity index is 2.35. The standard InChI is InChI=1S/C9H16O2/c1-6(2)4-8-5-7(3)9(10)11-8/h6-8H,4-5H2,1-3H3/t7-,8-/m0/s1. The molecule has 1 fully saturated rings. The summed E-state index contributed by atoms with van der Waals surface area (Å²) in [7, 11) is 0. The van der Waals surface area contributed by atoms with Crippen molar-refractivity contribution in [2.24, 2.45) is 11.8 Å². The average molecular weight is 156 g/mol. The second-order valence-electron chi connectivity index (χ2n) is 3.83. The van der Waals surface area contributed by atoms with Crippen molar-refractivity contribution in [1.29, 1.82) is 0 Å². The van der Waals surface area contributed by atoms with Gasteiger partial charge in [-0.2, -0.15) is 0 Å². The zero-order chi connectivity index (χ0) is 8.43. The van der Waals surface area contributed by atoms with Gasteiger partial charge in [0.05, 0.1) is 5.92 Å². The minimum atomic E-state index is -0.0179. The van der Waals surface area contributed by atoms with Crippen LogP contribution < -0.4 is 0 Å². The van der Waals surface area contributed by atoms with Gasteiger partial charge in [-0.25, -0.2) is 0 Å². The zero-order valence-corrected chi connectivity index (χ0v) is 7.46. The number of rotatable bonds is 2.